The summed E-state index contributed by atoms with van der Waals surface area (Å²) in [5, 5.41) is 19.8. The van der Waals surface area contributed by atoms with E-state index in [9.17, 15) is 19.8 Å². The fraction of sp³-hybridized carbons (Fsp3) is 0.727. The summed E-state index contributed by atoms with van der Waals surface area (Å²) >= 11 is 14.2. The highest BCUT2D eigenvalue weighted by atomic mass is 35.5. The number of hydrogen-bond donors (Lipinski definition) is 2. The van der Waals surface area contributed by atoms with Gasteiger partial charge >= 0.3 is 0 Å². The molecule has 0 radical (unpaired) electrons. The van der Waals surface area contributed by atoms with Crippen LogP contribution in [0.4, 0.5) is 4.39 Å². The van der Waals surface area contributed by atoms with Gasteiger partial charge in [-0.15, -0.1) is 23.2 Å². The summed E-state index contributed by atoms with van der Waals surface area (Å²) in [4.78, 5) is 23.4. The molecule has 7 heteroatoms. The van der Waals surface area contributed by atoms with Crippen LogP contribution in [-0.2, 0) is 9.59 Å². The van der Waals surface area contributed by atoms with E-state index in [4.69, 9.17) is 23.2 Å². The van der Waals surface area contributed by atoms with Gasteiger partial charge in [0.2, 0.25) is 0 Å². The molecule has 9 atom stereocenters. The maximum Gasteiger partial charge on any atom is 0.165 e. The van der Waals surface area contributed by atoms with Crippen molar-refractivity contribution in [2.24, 2.45) is 28.6 Å². The summed E-state index contributed by atoms with van der Waals surface area (Å²) in [6.07, 6.45) is -0.372. The number of fused-ring (bicyclic) bond motifs is 5. The predicted molar refractivity (Wildman–Crippen MR) is 109 cm³/mol. The van der Waals surface area contributed by atoms with Crippen molar-refractivity contribution in [3.05, 3.63) is 23.8 Å². The molecular weight excluding hydrogens is 418 g/mol. The number of allylic oxidation sites excluding steroid dienone is 1. The van der Waals surface area contributed by atoms with Gasteiger partial charge in [0.05, 0.1) is 16.4 Å². The Morgan fingerprint density at radius 1 is 1.34 bits per heavy atom. The predicted octanol–water partition coefficient (Wildman–Crippen LogP) is 3.36. The van der Waals surface area contributed by atoms with Crippen molar-refractivity contribution < 1.29 is 24.2 Å². The molecular formula is C22H27Cl2FO4. The highest BCUT2D eigenvalue weighted by molar-refractivity contribution is 6.33. The average Bonchev–Trinajstić information content (AvgIpc) is 2.90. The zero-order chi connectivity index (χ0) is 21.5. The lowest BCUT2D eigenvalue weighted by molar-refractivity contribution is -0.135. The van der Waals surface area contributed by atoms with Gasteiger partial charge in [-0.05, 0) is 48.2 Å². The first-order valence-electron chi connectivity index (χ1n) is 10.1. The monoisotopic (exact) mass is 444 g/mol. The first kappa shape index (κ1) is 21.5. The van der Waals surface area contributed by atoms with Gasteiger partial charge < -0.3 is 10.2 Å². The molecule has 29 heavy (non-hydrogen) atoms. The smallest absolute Gasteiger partial charge is 0.165 e. The lowest BCUT2D eigenvalue weighted by Crippen LogP contribution is -2.70. The van der Waals surface area contributed by atoms with Crippen molar-refractivity contribution in [2.45, 2.75) is 62.1 Å². The second kappa shape index (κ2) is 6.62. The summed E-state index contributed by atoms with van der Waals surface area (Å²) in [5.41, 5.74) is -0.804. The number of Topliss-reactive ketones (excluding diaryl/α,β-unsaturated/α-hetero) is 1. The van der Waals surface area contributed by atoms with Gasteiger partial charge in [0.25, 0.3) is 0 Å². The van der Waals surface area contributed by atoms with E-state index in [0.29, 0.717) is 12.8 Å². The van der Waals surface area contributed by atoms with Crippen LogP contribution in [0.5, 0.6) is 0 Å². The van der Waals surface area contributed by atoms with Crippen LogP contribution in [-0.4, -0.2) is 50.9 Å². The normalized spacial score (nSPS) is 51.8. The van der Waals surface area contributed by atoms with Gasteiger partial charge in [0.1, 0.15) is 12.8 Å². The molecule has 0 bridgehead atoms. The van der Waals surface area contributed by atoms with Crippen LogP contribution in [0.1, 0.15) is 39.5 Å². The van der Waals surface area contributed by atoms with Crippen LogP contribution < -0.4 is 0 Å². The number of alkyl halides is 3. The molecule has 0 spiro atoms. The number of carbonyl (C=O) groups excluding carboxylic acids is 2. The highest BCUT2D eigenvalue weighted by Crippen LogP contribution is 2.72. The van der Waals surface area contributed by atoms with Gasteiger partial charge in [-0.1, -0.05) is 26.0 Å². The Bertz CT molecular complexity index is 828. The third-order valence-electron chi connectivity index (χ3n) is 8.55. The summed E-state index contributed by atoms with van der Waals surface area (Å²) in [5.74, 6) is -1.70. The van der Waals surface area contributed by atoms with Crippen LogP contribution in [0.2, 0.25) is 0 Å². The van der Waals surface area contributed by atoms with E-state index in [0.717, 1.165) is 5.57 Å². The number of carbonyl (C=O) groups is 2. The van der Waals surface area contributed by atoms with Gasteiger partial charge in [-0.3, -0.25) is 9.59 Å². The summed E-state index contributed by atoms with van der Waals surface area (Å²) in [6, 6.07) is 0. The molecule has 0 amide bonds. The minimum absolute atomic E-state index is 0.0850. The lowest BCUT2D eigenvalue weighted by Gasteiger charge is -2.65. The molecule has 0 aromatic heterocycles. The van der Waals surface area contributed by atoms with Crippen LogP contribution in [0.3, 0.4) is 0 Å². The second-order valence-corrected chi connectivity index (χ2v) is 10.9. The fourth-order valence-electron chi connectivity index (χ4n) is 7.19. The molecule has 4 rings (SSSR count). The average molecular weight is 445 g/mol. The quantitative estimate of drug-likeness (QED) is 0.505. The molecule has 2 N–H and O–H groups in total. The van der Waals surface area contributed by atoms with Crippen LogP contribution in [0.15, 0.2) is 23.8 Å². The minimum Gasteiger partial charge on any atom is -0.392 e. The molecule has 4 aliphatic carbocycles. The maximum absolute atomic E-state index is 15.4. The summed E-state index contributed by atoms with van der Waals surface area (Å²) in [6.45, 7) is 7.19. The molecule has 0 aromatic carbocycles. The lowest BCUT2D eigenvalue weighted by atomic mass is 9.45. The van der Waals surface area contributed by atoms with Crippen molar-refractivity contribution >= 4 is 34.8 Å². The Balaban J connectivity index is 1.86. The van der Waals surface area contributed by atoms with E-state index in [2.05, 4.69) is 6.58 Å². The largest absolute Gasteiger partial charge is 0.392 e. The van der Waals surface area contributed by atoms with Crippen LogP contribution in [0, 0.1) is 28.6 Å². The SMILES string of the molecule is C=C1C[C@H]2[C@@H]3CC(F)C4=CC(=O)CC(O)[C@]4(C)[C@@]3(Cl)C(Cl)C[C@]2(C)[C@H]1C(=O)CO. The zero-order valence-corrected chi connectivity index (χ0v) is 18.1. The Hall–Kier alpha value is -0.750. The third-order valence-corrected chi connectivity index (χ3v) is 10.1. The molecule has 0 aliphatic heterocycles. The van der Waals surface area contributed by atoms with Crippen molar-refractivity contribution in [1.29, 1.82) is 0 Å². The highest BCUT2D eigenvalue weighted by Gasteiger charge is 2.73. The molecule has 4 aliphatic rings. The number of rotatable bonds is 2. The summed E-state index contributed by atoms with van der Waals surface area (Å²) in [7, 11) is 0. The van der Waals surface area contributed by atoms with Gasteiger partial charge in [-0.25, -0.2) is 4.39 Å². The number of aliphatic hydroxyl groups excluding tert-OH is 2. The van der Waals surface area contributed by atoms with E-state index in [1.807, 2.05) is 6.92 Å². The molecule has 3 saturated carbocycles. The fourth-order valence-corrected chi connectivity index (χ4v) is 8.46. The number of ketones is 2. The Morgan fingerprint density at radius 3 is 2.62 bits per heavy atom. The topological polar surface area (TPSA) is 74.6 Å². The molecule has 0 saturated heterocycles. The van der Waals surface area contributed by atoms with E-state index in [1.165, 1.54) is 6.08 Å². The van der Waals surface area contributed by atoms with Crippen molar-refractivity contribution in [3.8, 4) is 0 Å². The molecule has 160 valence electrons. The van der Waals surface area contributed by atoms with Gasteiger partial charge in [-0.2, -0.15) is 0 Å². The van der Waals surface area contributed by atoms with E-state index < -0.39 is 51.8 Å². The maximum atomic E-state index is 15.4. The Labute approximate surface area is 180 Å². The Kier molecular flexibility index (Phi) is 4.91. The van der Waals surface area contributed by atoms with Crippen molar-refractivity contribution in [3.63, 3.8) is 0 Å². The second-order valence-electron chi connectivity index (χ2n) is 9.77. The van der Waals surface area contributed by atoms with Gasteiger partial charge in [0, 0.05) is 17.8 Å². The molecule has 3 fully saturated rings. The molecule has 3 unspecified atom stereocenters. The summed E-state index contributed by atoms with van der Waals surface area (Å²) < 4.78 is 15.4. The van der Waals surface area contributed by atoms with E-state index >= 15 is 4.39 Å². The number of hydrogen-bond acceptors (Lipinski definition) is 4. The Morgan fingerprint density at radius 2 is 2.00 bits per heavy atom. The van der Waals surface area contributed by atoms with Crippen molar-refractivity contribution in [2.75, 3.05) is 6.61 Å². The first-order valence-corrected chi connectivity index (χ1v) is 11.0. The van der Waals surface area contributed by atoms with Crippen LogP contribution in [0.25, 0.3) is 0 Å². The standard InChI is InChI=1S/C22H27Cl2FO4/c1-10-4-12-13-7-15(25)14-5-11(27)6-18(29)21(14,3)22(13,24)17(23)8-20(12,2)19(10)16(28)9-26/h5,12-13,15,17-19,26,29H,1,4,6-9H2,2-3H3/t12-,13-,15?,17?,18?,19+,20-,21+,22-/m0/s1. The van der Waals surface area contributed by atoms with Crippen molar-refractivity contribution in [1.82, 2.24) is 0 Å². The minimum atomic E-state index is -1.41. The van der Waals surface area contributed by atoms with Gasteiger partial charge in [0.15, 0.2) is 11.6 Å². The van der Waals surface area contributed by atoms with Crippen LogP contribution >= 0.6 is 23.2 Å². The number of aliphatic hydroxyl groups is 2. The zero-order valence-electron chi connectivity index (χ0n) is 16.6. The molecule has 0 aromatic rings. The number of halogens is 3. The first-order chi connectivity index (χ1) is 13.4. The third kappa shape index (κ3) is 2.51. The molecule has 4 nitrogen and oxygen atoms in total. The van der Waals surface area contributed by atoms with E-state index in [1.54, 1.807) is 6.92 Å². The molecule has 0 heterocycles. The van der Waals surface area contributed by atoms with E-state index in [-0.39, 0.29) is 35.9 Å².